The lowest BCUT2D eigenvalue weighted by Gasteiger charge is -2.18. The maximum atomic E-state index is 2.46. The summed E-state index contributed by atoms with van der Waals surface area (Å²) in [6.07, 6.45) is 0. The standard InChI is InChI=1S/C48H30/c1-2-14-34-27-35(24-23-31(34)11-1)36-25-26-43-44(28-36)48-30-45(39-21-9-15-32-12-3-5-17-37(32)39)41-19-7-8-20-42(41)47(48)29-46(43)40-22-10-16-33-13-4-6-18-38(33)40/h1-30H. The lowest BCUT2D eigenvalue weighted by molar-refractivity contribution is 1.67. The fourth-order valence-corrected chi connectivity index (χ4v) is 7.91. The minimum absolute atomic E-state index is 1.23. The van der Waals surface area contributed by atoms with Gasteiger partial charge in [0.25, 0.3) is 0 Å². The third-order valence-corrected chi connectivity index (χ3v) is 10.2. The fourth-order valence-electron chi connectivity index (χ4n) is 7.91. The molecule has 0 N–H and O–H groups in total. The summed E-state index contributed by atoms with van der Waals surface area (Å²) >= 11 is 0. The molecule has 0 fully saturated rings. The van der Waals surface area contributed by atoms with Crippen molar-refractivity contribution in [1.29, 1.82) is 0 Å². The Balaban J connectivity index is 1.35. The van der Waals surface area contributed by atoms with E-state index < -0.39 is 0 Å². The molecule has 0 radical (unpaired) electrons. The number of benzene rings is 10. The predicted molar refractivity (Wildman–Crippen MR) is 208 cm³/mol. The Morgan fingerprint density at radius 3 is 1.29 bits per heavy atom. The Bertz CT molecular complexity index is 2880. The fraction of sp³-hybridized carbons (Fsp3) is 0. The van der Waals surface area contributed by atoms with Crippen molar-refractivity contribution >= 4 is 64.6 Å². The molecule has 0 saturated carbocycles. The van der Waals surface area contributed by atoms with Crippen molar-refractivity contribution in [3.05, 3.63) is 182 Å². The molecule has 0 atom stereocenters. The third kappa shape index (κ3) is 4.16. The van der Waals surface area contributed by atoms with E-state index in [1.165, 1.54) is 98.0 Å². The molecule has 0 unspecified atom stereocenters. The molecule has 10 aromatic carbocycles. The van der Waals surface area contributed by atoms with Gasteiger partial charge in [-0.25, -0.2) is 0 Å². The van der Waals surface area contributed by atoms with E-state index in [1.54, 1.807) is 0 Å². The number of hydrogen-bond donors (Lipinski definition) is 0. The summed E-state index contributed by atoms with van der Waals surface area (Å²) in [6, 6.07) is 67.3. The van der Waals surface area contributed by atoms with Gasteiger partial charge in [-0.2, -0.15) is 0 Å². The summed E-state index contributed by atoms with van der Waals surface area (Å²) in [7, 11) is 0. The summed E-state index contributed by atoms with van der Waals surface area (Å²) in [6.45, 7) is 0. The van der Waals surface area contributed by atoms with Crippen molar-refractivity contribution < 1.29 is 0 Å². The Hall–Kier alpha value is -6.24. The SMILES string of the molecule is c1ccc2cc(-c3ccc4c(-c5cccc6ccccc56)cc5c6ccccc6c(-c6cccc7ccccc67)cc5c4c3)ccc2c1. The highest BCUT2D eigenvalue weighted by Crippen LogP contribution is 2.45. The van der Waals surface area contributed by atoms with Crippen LogP contribution in [-0.2, 0) is 0 Å². The van der Waals surface area contributed by atoms with Gasteiger partial charge < -0.3 is 0 Å². The van der Waals surface area contributed by atoms with E-state index in [2.05, 4.69) is 182 Å². The zero-order valence-corrected chi connectivity index (χ0v) is 26.3. The van der Waals surface area contributed by atoms with Gasteiger partial charge in [-0.3, -0.25) is 0 Å². The van der Waals surface area contributed by atoms with Crippen LogP contribution in [0.2, 0.25) is 0 Å². The van der Waals surface area contributed by atoms with Crippen molar-refractivity contribution in [3.63, 3.8) is 0 Å². The van der Waals surface area contributed by atoms with E-state index in [-0.39, 0.29) is 0 Å². The van der Waals surface area contributed by atoms with E-state index in [0.717, 1.165) is 0 Å². The van der Waals surface area contributed by atoms with E-state index in [4.69, 9.17) is 0 Å². The third-order valence-electron chi connectivity index (χ3n) is 10.2. The van der Waals surface area contributed by atoms with Crippen LogP contribution in [0.15, 0.2) is 182 Å². The normalized spacial score (nSPS) is 11.8. The molecular formula is C48H30. The van der Waals surface area contributed by atoms with Gasteiger partial charge in [-0.1, -0.05) is 158 Å². The second-order valence-corrected chi connectivity index (χ2v) is 12.9. The monoisotopic (exact) mass is 606 g/mol. The van der Waals surface area contributed by atoms with Gasteiger partial charge in [0.05, 0.1) is 0 Å². The first-order chi connectivity index (χ1) is 23.8. The van der Waals surface area contributed by atoms with Gasteiger partial charge >= 0.3 is 0 Å². The average molecular weight is 607 g/mol. The molecule has 0 aliphatic carbocycles. The quantitative estimate of drug-likeness (QED) is 0.176. The number of rotatable bonds is 3. The average Bonchev–Trinajstić information content (AvgIpc) is 3.16. The zero-order chi connectivity index (χ0) is 31.6. The van der Waals surface area contributed by atoms with Crippen LogP contribution < -0.4 is 0 Å². The minimum Gasteiger partial charge on any atom is -0.0616 e. The van der Waals surface area contributed by atoms with E-state index in [1.807, 2.05) is 0 Å². The molecule has 10 rings (SSSR count). The molecule has 10 aromatic rings. The molecule has 0 aliphatic rings. The molecule has 0 saturated heterocycles. The predicted octanol–water partition coefficient (Wildman–Crippen LogP) is 13.6. The molecule has 0 heteroatoms. The molecule has 48 heavy (non-hydrogen) atoms. The molecule has 0 nitrogen and oxygen atoms in total. The van der Waals surface area contributed by atoms with Crippen LogP contribution in [0.25, 0.3) is 98.0 Å². The Labute approximate surface area is 279 Å². The largest absolute Gasteiger partial charge is 0.0616 e. The van der Waals surface area contributed by atoms with Crippen LogP contribution in [-0.4, -0.2) is 0 Å². The topological polar surface area (TPSA) is 0 Å². The van der Waals surface area contributed by atoms with E-state index in [9.17, 15) is 0 Å². The first kappa shape index (κ1) is 26.9. The second-order valence-electron chi connectivity index (χ2n) is 12.9. The molecule has 0 aromatic heterocycles. The minimum atomic E-state index is 1.23. The van der Waals surface area contributed by atoms with Gasteiger partial charge in [-0.15, -0.1) is 0 Å². The molecule has 0 amide bonds. The van der Waals surface area contributed by atoms with Crippen LogP contribution in [0.4, 0.5) is 0 Å². The number of fused-ring (bicyclic) bond motifs is 8. The van der Waals surface area contributed by atoms with Gasteiger partial charge in [0.2, 0.25) is 0 Å². The number of hydrogen-bond acceptors (Lipinski definition) is 0. The molecule has 0 heterocycles. The van der Waals surface area contributed by atoms with Crippen molar-refractivity contribution in [2.75, 3.05) is 0 Å². The zero-order valence-electron chi connectivity index (χ0n) is 26.3. The maximum absolute atomic E-state index is 2.46. The first-order valence-electron chi connectivity index (χ1n) is 16.7. The Morgan fingerprint density at radius 1 is 0.188 bits per heavy atom. The highest BCUT2D eigenvalue weighted by atomic mass is 14.2. The highest BCUT2D eigenvalue weighted by molar-refractivity contribution is 6.26. The van der Waals surface area contributed by atoms with E-state index in [0.29, 0.717) is 0 Å². The maximum Gasteiger partial charge on any atom is -0.00921 e. The van der Waals surface area contributed by atoms with Crippen LogP contribution >= 0.6 is 0 Å². The van der Waals surface area contributed by atoms with E-state index >= 15 is 0 Å². The summed E-state index contributed by atoms with van der Waals surface area (Å²) in [5.74, 6) is 0. The Morgan fingerprint density at radius 2 is 0.625 bits per heavy atom. The molecule has 0 spiro atoms. The van der Waals surface area contributed by atoms with Gasteiger partial charge in [0.15, 0.2) is 0 Å². The van der Waals surface area contributed by atoms with Crippen LogP contribution in [0.5, 0.6) is 0 Å². The first-order valence-corrected chi connectivity index (χ1v) is 16.7. The van der Waals surface area contributed by atoms with Gasteiger partial charge in [0, 0.05) is 0 Å². The molecule has 222 valence electrons. The lowest BCUT2D eigenvalue weighted by Crippen LogP contribution is -1.91. The smallest absolute Gasteiger partial charge is 0.00921 e. The summed E-state index contributed by atoms with van der Waals surface area (Å²) in [5.41, 5.74) is 7.52. The highest BCUT2D eigenvalue weighted by Gasteiger charge is 2.17. The van der Waals surface area contributed by atoms with Gasteiger partial charge in [-0.05, 0) is 122 Å². The van der Waals surface area contributed by atoms with Crippen molar-refractivity contribution in [3.8, 4) is 33.4 Å². The van der Waals surface area contributed by atoms with Crippen LogP contribution in [0.1, 0.15) is 0 Å². The Kier molecular flexibility index (Phi) is 5.98. The lowest BCUT2D eigenvalue weighted by atomic mass is 9.85. The van der Waals surface area contributed by atoms with Crippen LogP contribution in [0.3, 0.4) is 0 Å². The molecule has 0 aliphatic heterocycles. The summed E-state index contributed by atoms with van der Waals surface area (Å²) in [5, 5.41) is 15.2. The molecule has 0 bridgehead atoms. The molecular weight excluding hydrogens is 577 g/mol. The summed E-state index contributed by atoms with van der Waals surface area (Å²) in [4.78, 5) is 0. The van der Waals surface area contributed by atoms with Gasteiger partial charge in [0.1, 0.15) is 0 Å². The van der Waals surface area contributed by atoms with Crippen molar-refractivity contribution in [1.82, 2.24) is 0 Å². The van der Waals surface area contributed by atoms with Crippen molar-refractivity contribution in [2.45, 2.75) is 0 Å². The summed E-state index contributed by atoms with van der Waals surface area (Å²) < 4.78 is 0. The second kappa shape index (κ2) is 10.7. The van der Waals surface area contributed by atoms with Crippen LogP contribution in [0, 0.1) is 0 Å². The van der Waals surface area contributed by atoms with Crippen molar-refractivity contribution in [2.24, 2.45) is 0 Å².